The molecule has 0 unspecified atom stereocenters. The first-order chi connectivity index (χ1) is 10.8. The van der Waals surface area contributed by atoms with Crippen molar-refractivity contribution in [3.63, 3.8) is 0 Å². The van der Waals surface area contributed by atoms with E-state index in [0.29, 0.717) is 12.6 Å². The van der Waals surface area contributed by atoms with Crippen LogP contribution in [0.2, 0.25) is 5.02 Å². The number of carbonyl (C=O) groups excluding carboxylic acids is 2. The second-order valence-corrected chi connectivity index (χ2v) is 5.37. The highest BCUT2D eigenvalue weighted by Gasteiger charge is 2.31. The van der Waals surface area contributed by atoms with Crippen molar-refractivity contribution in [3.8, 4) is 0 Å². The van der Waals surface area contributed by atoms with Gasteiger partial charge in [-0.05, 0) is 24.6 Å². The van der Waals surface area contributed by atoms with Gasteiger partial charge in [-0.2, -0.15) is 13.2 Å². The third-order valence-corrected chi connectivity index (χ3v) is 3.39. The van der Waals surface area contributed by atoms with Gasteiger partial charge in [0.1, 0.15) is 0 Å². The minimum atomic E-state index is -4.56. The topological polar surface area (TPSA) is 58.2 Å². The van der Waals surface area contributed by atoms with Gasteiger partial charge in [-0.25, -0.2) is 0 Å². The molecule has 2 amide bonds. The van der Waals surface area contributed by atoms with Crippen LogP contribution in [0, 0.1) is 0 Å². The Labute approximate surface area is 137 Å². The lowest BCUT2D eigenvalue weighted by molar-refractivity contribution is -0.137. The van der Waals surface area contributed by atoms with Gasteiger partial charge in [0, 0.05) is 6.54 Å². The Morgan fingerprint density at radius 2 is 1.83 bits per heavy atom. The molecular weight excluding hydrogens is 333 g/mol. The summed E-state index contributed by atoms with van der Waals surface area (Å²) in [5.41, 5.74) is -1.22. The molecule has 0 aliphatic heterocycles. The molecule has 0 saturated heterocycles. The van der Waals surface area contributed by atoms with Gasteiger partial charge in [0.15, 0.2) is 0 Å². The van der Waals surface area contributed by atoms with E-state index in [1.807, 2.05) is 6.92 Å². The summed E-state index contributed by atoms with van der Waals surface area (Å²) in [5, 5.41) is 4.42. The molecule has 0 saturated carbocycles. The lowest BCUT2D eigenvalue weighted by Gasteiger charge is -2.11. The third-order valence-electron chi connectivity index (χ3n) is 3.06. The van der Waals surface area contributed by atoms with Gasteiger partial charge in [0.25, 0.3) is 0 Å². The number of halogens is 4. The van der Waals surface area contributed by atoms with Crippen LogP contribution >= 0.6 is 11.6 Å². The molecule has 0 bridgehead atoms. The van der Waals surface area contributed by atoms with Crippen molar-refractivity contribution in [3.05, 3.63) is 28.8 Å². The number of hydrogen-bond acceptors (Lipinski definition) is 2. The maximum atomic E-state index is 12.6. The first kappa shape index (κ1) is 19.3. The fraction of sp³-hybridized carbons (Fsp3) is 0.467. The Morgan fingerprint density at radius 3 is 2.43 bits per heavy atom. The normalized spacial score (nSPS) is 11.2. The van der Waals surface area contributed by atoms with Gasteiger partial charge in [-0.3, -0.25) is 9.59 Å². The summed E-state index contributed by atoms with van der Waals surface area (Å²) in [4.78, 5) is 23.3. The lowest BCUT2D eigenvalue weighted by atomic mass is 10.2. The van der Waals surface area contributed by atoms with E-state index in [1.54, 1.807) is 0 Å². The largest absolute Gasteiger partial charge is 0.416 e. The van der Waals surface area contributed by atoms with Gasteiger partial charge in [-0.15, -0.1) is 0 Å². The molecule has 0 heterocycles. The number of nitrogens with one attached hydrogen (secondary N) is 2. The Hall–Kier alpha value is -1.76. The first-order valence-electron chi connectivity index (χ1n) is 7.21. The van der Waals surface area contributed by atoms with Crippen LogP contribution in [0.1, 0.15) is 38.2 Å². The van der Waals surface area contributed by atoms with Crippen LogP contribution in [0.4, 0.5) is 18.9 Å². The number of alkyl halides is 3. The maximum absolute atomic E-state index is 12.6. The van der Waals surface area contributed by atoms with Crippen molar-refractivity contribution < 1.29 is 22.8 Å². The first-order valence-corrected chi connectivity index (χ1v) is 7.59. The molecule has 0 aliphatic carbocycles. The Balaban J connectivity index is 2.61. The third kappa shape index (κ3) is 6.48. The molecule has 23 heavy (non-hydrogen) atoms. The van der Waals surface area contributed by atoms with Crippen LogP contribution < -0.4 is 10.6 Å². The second-order valence-electron chi connectivity index (χ2n) is 4.96. The highest BCUT2D eigenvalue weighted by atomic mass is 35.5. The summed E-state index contributed by atoms with van der Waals surface area (Å²) in [5.74, 6) is -1.96. The average Bonchev–Trinajstić information content (AvgIpc) is 2.47. The molecule has 1 aromatic carbocycles. The van der Waals surface area contributed by atoms with E-state index in [1.165, 1.54) is 0 Å². The van der Waals surface area contributed by atoms with E-state index in [9.17, 15) is 22.8 Å². The van der Waals surface area contributed by atoms with Crippen LogP contribution in [-0.2, 0) is 15.8 Å². The minimum Gasteiger partial charge on any atom is -0.348 e. The highest BCUT2D eigenvalue weighted by molar-refractivity contribution is 6.41. The fourth-order valence-electron chi connectivity index (χ4n) is 1.81. The molecule has 0 aliphatic rings. The second kappa shape index (κ2) is 8.76. The summed E-state index contributed by atoms with van der Waals surface area (Å²) in [7, 11) is 0. The van der Waals surface area contributed by atoms with E-state index < -0.39 is 23.6 Å². The summed E-state index contributed by atoms with van der Waals surface area (Å²) in [6.07, 6.45) is -0.828. The number of hydrogen-bond donors (Lipinski definition) is 2. The molecule has 4 nitrogen and oxygen atoms in total. The standard InChI is InChI=1S/C15H18ClF3N2O2/c1-2-3-4-5-8-20-13(22)14(23)21-12-9-10(15(17,18)19)6-7-11(12)16/h6-7,9H,2-5,8H2,1H3,(H,20,22)(H,21,23). The number of carbonyl (C=O) groups is 2. The van der Waals surface area contributed by atoms with E-state index in [-0.39, 0.29) is 10.7 Å². The number of benzene rings is 1. The summed E-state index contributed by atoms with van der Waals surface area (Å²) in [6, 6.07) is 2.50. The highest BCUT2D eigenvalue weighted by Crippen LogP contribution is 2.33. The van der Waals surface area contributed by atoms with E-state index in [2.05, 4.69) is 10.6 Å². The lowest BCUT2D eigenvalue weighted by Crippen LogP contribution is -2.36. The molecule has 0 aromatic heterocycles. The van der Waals surface area contributed by atoms with Crippen molar-refractivity contribution in [2.45, 2.75) is 38.8 Å². The van der Waals surface area contributed by atoms with Gasteiger partial charge < -0.3 is 10.6 Å². The van der Waals surface area contributed by atoms with Crippen molar-refractivity contribution in [2.75, 3.05) is 11.9 Å². The molecule has 1 aromatic rings. The Morgan fingerprint density at radius 1 is 1.13 bits per heavy atom. The van der Waals surface area contributed by atoms with Gasteiger partial charge in [0.2, 0.25) is 0 Å². The van der Waals surface area contributed by atoms with Crippen molar-refractivity contribution in [2.24, 2.45) is 0 Å². The van der Waals surface area contributed by atoms with Gasteiger partial charge in [0.05, 0.1) is 16.3 Å². The fourth-order valence-corrected chi connectivity index (χ4v) is 1.98. The Kier molecular flexibility index (Phi) is 7.35. The van der Waals surface area contributed by atoms with Crippen molar-refractivity contribution in [1.29, 1.82) is 0 Å². The monoisotopic (exact) mass is 350 g/mol. The molecule has 0 spiro atoms. The zero-order chi connectivity index (χ0) is 17.5. The maximum Gasteiger partial charge on any atom is 0.416 e. The van der Waals surface area contributed by atoms with Crippen LogP contribution in [0.5, 0.6) is 0 Å². The molecule has 128 valence electrons. The average molecular weight is 351 g/mol. The minimum absolute atomic E-state index is 0.0814. The number of anilines is 1. The molecule has 2 N–H and O–H groups in total. The molecule has 0 fully saturated rings. The summed E-state index contributed by atoms with van der Waals surface area (Å²) < 4.78 is 37.9. The quantitative estimate of drug-likeness (QED) is 0.602. The predicted octanol–water partition coefficient (Wildman–Crippen LogP) is 3.99. The molecular formula is C15H18ClF3N2O2. The van der Waals surface area contributed by atoms with Gasteiger partial charge >= 0.3 is 18.0 Å². The summed E-state index contributed by atoms with van der Waals surface area (Å²) in [6.45, 7) is 2.38. The van der Waals surface area contributed by atoms with E-state index in [0.717, 1.165) is 37.8 Å². The van der Waals surface area contributed by atoms with Crippen LogP contribution in [0.3, 0.4) is 0 Å². The zero-order valence-electron chi connectivity index (χ0n) is 12.6. The number of amides is 2. The molecule has 0 radical (unpaired) electrons. The van der Waals surface area contributed by atoms with Crippen LogP contribution in [-0.4, -0.2) is 18.4 Å². The van der Waals surface area contributed by atoms with Crippen LogP contribution in [0.15, 0.2) is 18.2 Å². The summed E-state index contributed by atoms with van der Waals surface area (Å²) >= 11 is 5.74. The van der Waals surface area contributed by atoms with Gasteiger partial charge in [-0.1, -0.05) is 37.8 Å². The van der Waals surface area contributed by atoms with Crippen molar-refractivity contribution in [1.82, 2.24) is 5.32 Å². The Bertz CT molecular complexity index is 562. The smallest absolute Gasteiger partial charge is 0.348 e. The van der Waals surface area contributed by atoms with E-state index in [4.69, 9.17) is 11.6 Å². The number of rotatable bonds is 6. The van der Waals surface area contributed by atoms with Crippen molar-refractivity contribution >= 4 is 29.1 Å². The van der Waals surface area contributed by atoms with E-state index >= 15 is 0 Å². The zero-order valence-corrected chi connectivity index (χ0v) is 13.4. The van der Waals surface area contributed by atoms with Crippen LogP contribution in [0.25, 0.3) is 0 Å². The molecule has 1 rings (SSSR count). The SMILES string of the molecule is CCCCCCNC(=O)C(=O)Nc1cc(C(F)(F)F)ccc1Cl. The molecule has 8 heteroatoms. The predicted molar refractivity (Wildman–Crippen MR) is 82.2 cm³/mol. The number of unbranched alkanes of at least 4 members (excludes halogenated alkanes) is 3. The molecule has 0 atom stereocenters.